The highest BCUT2D eigenvalue weighted by Crippen LogP contribution is 2.33. The molecule has 25 heavy (non-hydrogen) atoms. The third kappa shape index (κ3) is 3.56. The molecule has 0 aliphatic carbocycles. The smallest absolute Gasteiger partial charge is 0.226 e. The number of benzene rings is 2. The van der Waals surface area contributed by atoms with Gasteiger partial charge in [-0.1, -0.05) is 41.9 Å². The Morgan fingerprint density at radius 2 is 1.96 bits per heavy atom. The minimum atomic E-state index is -0.676. The molecule has 0 saturated heterocycles. The van der Waals surface area contributed by atoms with Gasteiger partial charge in [0.05, 0.1) is 23.2 Å². The number of hydrogen-bond donors (Lipinski definition) is 1. The maximum atomic E-state index is 14.0. The molecule has 2 amide bonds. The molecule has 0 fully saturated rings. The van der Waals surface area contributed by atoms with Gasteiger partial charge in [-0.25, -0.2) is 4.39 Å². The Kier molecular flexibility index (Phi) is 4.86. The van der Waals surface area contributed by atoms with Gasteiger partial charge in [0.25, 0.3) is 0 Å². The fraction of sp³-hybridized carbons (Fsp3) is 0.158. The Bertz CT molecular complexity index is 866. The molecule has 128 valence electrons. The molecule has 2 aromatic carbocycles. The molecule has 2 aromatic rings. The molecular weight excluding hydrogens is 343 g/mol. The molecule has 6 heteroatoms. The van der Waals surface area contributed by atoms with Crippen LogP contribution in [0.1, 0.15) is 30.5 Å². The molecule has 1 atom stereocenters. The average molecular weight is 359 g/mol. The van der Waals surface area contributed by atoms with Crippen molar-refractivity contribution in [3.8, 4) is 0 Å². The number of carbonyl (C=O) groups excluding carboxylic acids is 2. The SMILES string of the molecule is CC(=O)N1C=Cc2ccccc2C1CC(=O)Nc1cccc(Cl)c1F. The summed E-state index contributed by atoms with van der Waals surface area (Å²) < 4.78 is 14.0. The quantitative estimate of drug-likeness (QED) is 0.885. The summed E-state index contributed by atoms with van der Waals surface area (Å²) in [5.74, 6) is -1.25. The van der Waals surface area contributed by atoms with Gasteiger partial charge in [-0.2, -0.15) is 0 Å². The molecule has 1 aliphatic rings. The van der Waals surface area contributed by atoms with Gasteiger partial charge in [-0.05, 0) is 29.3 Å². The van der Waals surface area contributed by atoms with Gasteiger partial charge in [-0.15, -0.1) is 0 Å². The number of hydrogen-bond acceptors (Lipinski definition) is 2. The number of nitrogens with one attached hydrogen (secondary N) is 1. The lowest BCUT2D eigenvalue weighted by atomic mass is 9.93. The number of carbonyl (C=O) groups is 2. The maximum absolute atomic E-state index is 14.0. The van der Waals surface area contributed by atoms with E-state index < -0.39 is 17.8 Å². The number of amides is 2. The molecule has 1 N–H and O–H groups in total. The summed E-state index contributed by atoms with van der Waals surface area (Å²) >= 11 is 5.73. The van der Waals surface area contributed by atoms with Crippen LogP contribution < -0.4 is 5.32 Å². The van der Waals surface area contributed by atoms with Gasteiger partial charge in [0.2, 0.25) is 11.8 Å². The largest absolute Gasteiger partial charge is 0.323 e. The normalized spacial score (nSPS) is 15.6. The Morgan fingerprint density at radius 3 is 2.72 bits per heavy atom. The van der Waals surface area contributed by atoms with E-state index in [4.69, 9.17) is 11.6 Å². The summed E-state index contributed by atoms with van der Waals surface area (Å²) in [5, 5.41) is 2.47. The second kappa shape index (κ2) is 7.07. The zero-order chi connectivity index (χ0) is 18.0. The van der Waals surface area contributed by atoms with Crippen molar-refractivity contribution >= 4 is 35.2 Å². The Morgan fingerprint density at radius 1 is 1.20 bits per heavy atom. The number of fused-ring (bicyclic) bond motifs is 1. The first-order valence-corrected chi connectivity index (χ1v) is 8.15. The Labute approximate surface area is 149 Å². The molecule has 0 aromatic heterocycles. The first-order chi connectivity index (χ1) is 12.0. The first-order valence-electron chi connectivity index (χ1n) is 7.77. The minimum absolute atomic E-state index is 0.00683. The average Bonchev–Trinajstić information content (AvgIpc) is 2.59. The summed E-state index contributed by atoms with van der Waals surface area (Å²) in [7, 11) is 0. The first kappa shape index (κ1) is 17.2. The van der Waals surface area contributed by atoms with Gasteiger partial charge < -0.3 is 10.2 Å². The van der Waals surface area contributed by atoms with Gasteiger partial charge in [0.1, 0.15) is 0 Å². The lowest BCUT2D eigenvalue weighted by Gasteiger charge is -2.32. The molecule has 0 bridgehead atoms. The van der Waals surface area contributed by atoms with E-state index >= 15 is 0 Å². The van der Waals surface area contributed by atoms with E-state index in [-0.39, 0.29) is 23.0 Å². The van der Waals surface area contributed by atoms with Crippen molar-refractivity contribution in [1.29, 1.82) is 0 Å². The fourth-order valence-electron chi connectivity index (χ4n) is 2.89. The van der Waals surface area contributed by atoms with Gasteiger partial charge in [-0.3, -0.25) is 9.59 Å². The van der Waals surface area contributed by atoms with Crippen LogP contribution in [0, 0.1) is 5.82 Å². The topological polar surface area (TPSA) is 49.4 Å². The van der Waals surface area contributed by atoms with Crippen LogP contribution in [0.25, 0.3) is 6.08 Å². The summed E-state index contributed by atoms with van der Waals surface area (Å²) in [4.78, 5) is 25.9. The highest BCUT2D eigenvalue weighted by molar-refractivity contribution is 6.31. The number of halogens is 2. The molecule has 1 unspecified atom stereocenters. The highest BCUT2D eigenvalue weighted by atomic mass is 35.5. The molecule has 1 heterocycles. The third-order valence-corrected chi connectivity index (χ3v) is 4.37. The van der Waals surface area contributed by atoms with Crippen LogP contribution in [0.3, 0.4) is 0 Å². The highest BCUT2D eigenvalue weighted by Gasteiger charge is 2.28. The monoisotopic (exact) mass is 358 g/mol. The van der Waals surface area contributed by atoms with Crippen LogP contribution in [0.2, 0.25) is 5.02 Å². The Hall–Kier alpha value is -2.66. The van der Waals surface area contributed by atoms with Crippen LogP contribution in [-0.2, 0) is 9.59 Å². The number of anilines is 1. The second-order valence-electron chi connectivity index (χ2n) is 5.74. The van der Waals surface area contributed by atoms with Crippen LogP contribution in [0.15, 0.2) is 48.7 Å². The van der Waals surface area contributed by atoms with Crippen molar-refractivity contribution in [3.05, 3.63) is 70.6 Å². The van der Waals surface area contributed by atoms with E-state index in [1.807, 2.05) is 30.3 Å². The van der Waals surface area contributed by atoms with Crippen molar-refractivity contribution in [2.24, 2.45) is 0 Å². The number of rotatable bonds is 3. The molecule has 4 nitrogen and oxygen atoms in total. The van der Waals surface area contributed by atoms with Crippen LogP contribution in [0.5, 0.6) is 0 Å². The molecule has 0 saturated carbocycles. The van der Waals surface area contributed by atoms with Gasteiger partial charge >= 0.3 is 0 Å². The Balaban J connectivity index is 1.84. The maximum Gasteiger partial charge on any atom is 0.226 e. The van der Waals surface area contributed by atoms with Crippen molar-refractivity contribution < 1.29 is 14.0 Å². The van der Waals surface area contributed by atoms with Crippen molar-refractivity contribution in [2.45, 2.75) is 19.4 Å². The van der Waals surface area contributed by atoms with E-state index in [0.717, 1.165) is 11.1 Å². The van der Waals surface area contributed by atoms with E-state index in [1.165, 1.54) is 24.0 Å². The van der Waals surface area contributed by atoms with Gasteiger partial charge in [0.15, 0.2) is 5.82 Å². The van der Waals surface area contributed by atoms with Gasteiger partial charge in [0, 0.05) is 13.1 Å². The van der Waals surface area contributed by atoms with E-state index in [2.05, 4.69) is 5.32 Å². The van der Waals surface area contributed by atoms with E-state index in [0.29, 0.717) is 0 Å². The summed E-state index contributed by atoms with van der Waals surface area (Å²) in [6, 6.07) is 11.5. The lowest BCUT2D eigenvalue weighted by Crippen LogP contribution is -2.33. The minimum Gasteiger partial charge on any atom is -0.323 e. The predicted molar refractivity (Wildman–Crippen MR) is 95.4 cm³/mol. The molecular formula is C19H16ClFN2O2. The predicted octanol–water partition coefficient (Wildman–Crippen LogP) is 4.38. The zero-order valence-corrected chi connectivity index (χ0v) is 14.3. The number of nitrogens with zero attached hydrogens (tertiary/aromatic N) is 1. The second-order valence-corrected chi connectivity index (χ2v) is 6.15. The standard InChI is InChI=1S/C19H16ClFN2O2/c1-12(24)23-10-9-13-5-2-3-6-14(13)17(23)11-18(25)22-16-8-4-7-15(20)19(16)21/h2-10,17H,11H2,1H3,(H,22,25). The van der Waals surface area contributed by atoms with E-state index in [9.17, 15) is 14.0 Å². The van der Waals surface area contributed by atoms with Crippen molar-refractivity contribution in [1.82, 2.24) is 4.90 Å². The molecule has 1 aliphatic heterocycles. The van der Waals surface area contributed by atoms with Crippen molar-refractivity contribution in [2.75, 3.05) is 5.32 Å². The van der Waals surface area contributed by atoms with E-state index in [1.54, 1.807) is 12.3 Å². The summed E-state index contributed by atoms with van der Waals surface area (Å²) in [6.45, 7) is 1.44. The fourth-order valence-corrected chi connectivity index (χ4v) is 3.06. The van der Waals surface area contributed by atoms with Crippen LogP contribution in [-0.4, -0.2) is 16.7 Å². The lowest BCUT2D eigenvalue weighted by molar-refractivity contribution is -0.129. The molecule has 3 rings (SSSR count). The summed E-state index contributed by atoms with van der Waals surface area (Å²) in [6.07, 6.45) is 3.51. The molecule has 0 spiro atoms. The summed E-state index contributed by atoms with van der Waals surface area (Å²) in [5.41, 5.74) is 1.85. The van der Waals surface area contributed by atoms with Crippen LogP contribution >= 0.6 is 11.6 Å². The zero-order valence-electron chi connectivity index (χ0n) is 13.5. The molecule has 0 radical (unpaired) electrons. The van der Waals surface area contributed by atoms with Crippen molar-refractivity contribution in [3.63, 3.8) is 0 Å². The third-order valence-electron chi connectivity index (χ3n) is 4.07. The van der Waals surface area contributed by atoms with Crippen LogP contribution in [0.4, 0.5) is 10.1 Å².